The Bertz CT molecular complexity index is 1060. The molecular formula is C24H34N4O4S. The second kappa shape index (κ2) is 10.5. The highest BCUT2D eigenvalue weighted by Gasteiger charge is 2.26. The van der Waals surface area contributed by atoms with Crippen molar-refractivity contribution in [2.45, 2.75) is 44.0 Å². The van der Waals surface area contributed by atoms with Gasteiger partial charge in [-0.3, -0.25) is 4.79 Å². The fourth-order valence-electron chi connectivity index (χ4n) is 4.11. The molecule has 3 N–H and O–H groups in total. The van der Waals surface area contributed by atoms with Crippen molar-refractivity contribution in [3.8, 4) is 5.75 Å². The number of nitrogens with two attached hydrogens (primary N) is 1. The lowest BCUT2D eigenvalue weighted by atomic mass is 10.1. The van der Waals surface area contributed by atoms with Gasteiger partial charge in [-0.1, -0.05) is 0 Å². The molecule has 0 atom stereocenters. The number of aryl methyl sites for hydroxylation is 2. The highest BCUT2D eigenvalue weighted by Crippen LogP contribution is 2.28. The van der Waals surface area contributed by atoms with Gasteiger partial charge in [-0.15, -0.1) is 0 Å². The number of carbonyl (C=O) groups excluding carboxylic acids is 1. The van der Waals surface area contributed by atoms with Gasteiger partial charge in [-0.2, -0.15) is 0 Å². The van der Waals surface area contributed by atoms with E-state index in [-0.39, 0.29) is 29.8 Å². The molecule has 2 aromatic carbocycles. The van der Waals surface area contributed by atoms with Gasteiger partial charge in [0, 0.05) is 50.5 Å². The zero-order valence-electron chi connectivity index (χ0n) is 19.8. The average Bonchev–Trinajstić information content (AvgIpc) is 2.77. The van der Waals surface area contributed by atoms with Gasteiger partial charge in [0.1, 0.15) is 5.75 Å². The van der Waals surface area contributed by atoms with Crippen LogP contribution in [-0.4, -0.2) is 58.5 Å². The smallest absolute Gasteiger partial charge is 0.243 e. The summed E-state index contributed by atoms with van der Waals surface area (Å²) in [5.41, 5.74) is 8.98. The number of nitrogens with one attached hydrogen (secondary N) is 1. The summed E-state index contributed by atoms with van der Waals surface area (Å²) >= 11 is 0. The third-order valence-electron chi connectivity index (χ3n) is 6.05. The third kappa shape index (κ3) is 6.04. The summed E-state index contributed by atoms with van der Waals surface area (Å²) in [6.07, 6.45) is 2.00. The molecule has 180 valence electrons. The normalized spacial score (nSPS) is 15.0. The molecule has 1 aliphatic heterocycles. The van der Waals surface area contributed by atoms with Crippen LogP contribution in [0.5, 0.6) is 5.75 Å². The summed E-state index contributed by atoms with van der Waals surface area (Å²) < 4.78 is 32.6. The Morgan fingerprint density at radius 1 is 1.15 bits per heavy atom. The van der Waals surface area contributed by atoms with Gasteiger partial charge in [0.05, 0.1) is 12.0 Å². The maximum atomic E-state index is 13.1. The Hall–Kier alpha value is -2.62. The molecule has 1 aliphatic rings. The second-order valence-electron chi connectivity index (χ2n) is 8.59. The maximum Gasteiger partial charge on any atom is 0.243 e. The number of ether oxygens (including phenoxy) is 1. The van der Waals surface area contributed by atoms with Crippen LogP contribution in [0.15, 0.2) is 41.3 Å². The Labute approximate surface area is 196 Å². The van der Waals surface area contributed by atoms with Gasteiger partial charge >= 0.3 is 0 Å². The van der Waals surface area contributed by atoms with Crippen LogP contribution in [0.4, 0.5) is 11.4 Å². The monoisotopic (exact) mass is 474 g/mol. The topological polar surface area (TPSA) is 105 Å². The minimum Gasteiger partial charge on any atom is -0.497 e. The molecule has 0 spiro atoms. The number of rotatable bonds is 8. The van der Waals surface area contributed by atoms with Gasteiger partial charge in [0.25, 0.3) is 0 Å². The standard InChI is InChI=1S/C24H34N4O4S/c1-17-15-22(32-4)16-18(2)24(17)33(30,31)27(3)12-11-23(29)26-20-5-7-21(8-6-20)28-13-9-19(25)10-14-28/h5-8,15-16,19H,9-14,25H2,1-4H3,(H,26,29). The number of anilines is 2. The first-order valence-electron chi connectivity index (χ1n) is 11.1. The average molecular weight is 475 g/mol. The molecule has 1 saturated heterocycles. The fraction of sp³-hybridized carbons (Fsp3) is 0.458. The molecule has 1 amide bonds. The number of amides is 1. The van der Waals surface area contributed by atoms with Crippen molar-refractivity contribution in [3.05, 3.63) is 47.5 Å². The van der Waals surface area contributed by atoms with Crippen molar-refractivity contribution < 1.29 is 17.9 Å². The zero-order chi connectivity index (χ0) is 24.2. The molecule has 0 radical (unpaired) electrons. The minimum atomic E-state index is -3.73. The number of benzene rings is 2. The Kier molecular flexibility index (Phi) is 7.99. The maximum absolute atomic E-state index is 13.1. The lowest BCUT2D eigenvalue weighted by Gasteiger charge is -2.32. The molecule has 33 heavy (non-hydrogen) atoms. The van der Waals surface area contributed by atoms with Crippen molar-refractivity contribution in [2.75, 3.05) is 44.0 Å². The molecule has 2 aromatic rings. The lowest BCUT2D eigenvalue weighted by Crippen LogP contribution is -2.39. The number of hydrogen-bond acceptors (Lipinski definition) is 6. The second-order valence-corrected chi connectivity index (χ2v) is 10.6. The minimum absolute atomic E-state index is 0.0513. The van der Waals surface area contributed by atoms with E-state index in [0.29, 0.717) is 22.6 Å². The van der Waals surface area contributed by atoms with Gasteiger partial charge in [-0.05, 0) is 74.2 Å². The van der Waals surface area contributed by atoms with Gasteiger partial charge in [-0.25, -0.2) is 12.7 Å². The van der Waals surface area contributed by atoms with E-state index in [1.54, 1.807) is 33.1 Å². The molecule has 1 heterocycles. The molecule has 8 nitrogen and oxygen atoms in total. The molecule has 1 fully saturated rings. The van der Waals surface area contributed by atoms with E-state index >= 15 is 0 Å². The number of sulfonamides is 1. The molecule has 9 heteroatoms. The summed E-state index contributed by atoms with van der Waals surface area (Å²) in [4.78, 5) is 15.0. The van der Waals surface area contributed by atoms with E-state index in [4.69, 9.17) is 10.5 Å². The molecule has 0 aliphatic carbocycles. The van der Waals surface area contributed by atoms with Crippen LogP contribution in [0.1, 0.15) is 30.4 Å². The summed E-state index contributed by atoms with van der Waals surface area (Å²) in [7, 11) is -0.696. The predicted octanol–water partition coefficient (Wildman–Crippen LogP) is 2.89. The van der Waals surface area contributed by atoms with Gasteiger partial charge in [0.2, 0.25) is 15.9 Å². The van der Waals surface area contributed by atoms with Gasteiger partial charge in [0.15, 0.2) is 0 Å². The van der Waals surface area contributed by atoms with E-state index in [2.05, 4.69) is 10.2 Å². The van der Waals surface area contributed by atoms with Crippen LogP contribution in [0.2, 0.25) is 0 Å². The summed E-state index contributed by atoms with van der Waals surface area (Å²) in [5.74, 6) is 0.373. The van der Waals surface area contributed by atoms with E-state index in [1.165, 1.54) is 11.4 Å². The summed E-state index contributed by atoms with van der Waals surface area (Å²) in [6.45, 7) is 5.42. The van der Waals surface area contributed by atoms with Crippen LogP contribution >= 0.6 is 0 Å². The van der Waals surface area contributed by atoms with E-state index < -0.39 is 10.0 Å². The van der Waals surface area contributed by atoms with Crippen molar-refractivity contribution in [1.82, 2.24) is 4.31 Å². The first kappa shape index (κ1) is 25.0. The Morgan fingerprint density at radius 3 is 2.27 bits per heavy atom. The first-order chi connectivity index (χ1) is 15.6. The molecule has 0 saturated carbocycles. The van der Waals surface area contributed by atoms with Crippen LogP contribution in [0.25, 0.3) is 0 Å². The Balaban J connectivity index is 1.57. The van der Waals surface area contributed by atoms with Crippen LogP contribution < -0.4 is 20.7 Å². The first-order valence-corrected chi connectivity index (χ1v) is 12.6. The molecule has 0 aromatic heterocycles. The third-order valence-corrected chi connectivity index (χ3v) is 8.21. The van der Waals surface area contributed by atoms with Crippen molar-refractivity contribution in [3.63, 3.8) is 0 Å². The predicted molar refractivity (Wildman–Crippen MR) is 131 cm³/mol. The molecular weight excluding hydrogens is 440 g/mol. The van der Waals surface area contributed by atoms with Crippen LogP contribution in [0, 0.1) is 13.8 Å². The Morgan fingerprint density at radius 2 is 1.73 bits per heavy atom. The number of nitrogens with zero attached hydrogens (tertiary/aromatic N) is 2. The number of methoxy groups -OCH3 is 1. The quantitative estimate of drug-likeness (QED) is 0.610. The van der Waals surface area contributed by atoms with Gasteiger partial charge < -0.3 is 20.7 Å². The van der Waals surface area contributed by atoms with Crippen molar-refractivity contribution >= 4 is 27.3 Å². The number of hydrogen-bond donors (Lipinski definition) is 2. The summed E-state index contributed by atoms with van der Waals surface area (Å²) in [5, 5.41) is 2.85. The van der Waals surface area contributed by atoms with Crippen LogP contribution in [0.3, 0.4) is 0 Å². The van der Waals surface area contributed by atoms with Crippen molar-refractivity contribution in [1.29, 1.82) is 0 Å². The van der Waals surface area contributed by atoms with Crippen molar-refractivity contribution in [2.24, 2.45) is 5.73 Å². The summed E-state index contributed by atoms with van der Waals surface area (Å²) in [6, 6.07) is 11.4. The molecule has 0 bridgehead atoms. The highest BCUT2D eigenvalue weighted by atomic mass is 32.2. The lowest BCUT2D eigenvalue weighted by molar-refractivity contribution is -0.116. The fourth-order valence-corrected chi connectivity index (χ4v) is 5.68. The number of piperidine rings is 1. The number of carbonyl (C=O) groups is 1. The highest BCUT2D eigenvalue weighted by molar-refractivity contribution is 7.89. The SMILES string of the molecule is COc1cc(C)c(S(=O)(=O)N(C)CCC(=O)Nc2ccc(N3CCC(N)CC3)cc2)c(C)c1. The van der Waals surface area contributed by atoms with E-state index in [1.807, 2.05) is 24.3 Å². The van der Waals surface area contributed by atoms with E-state index in [9.17, 15) is 13.2 Å². The largest absolute Gasteiger partial charge is 0.497 e. The molecule has 0 unspecified atom stereocenters. The van der Waals surface area contributed by atoms with E-state index in [0.717, 1.165) is 31.6 Å². The molecule has 3 rings (SSSR count). The zero-order valence-corrected chi connectivity index (χ0v) is 20.6. The van der Waals surface area contributed by atoms with Crippen LogP contribution in [-0.2, 0) is 14.8 Å².